The molecule has 1 atom stereocenters. The number of amides is 1. The van der Waals surface area contributed by atoms with Crippen LogP contribution in [-0.2, 0) is 16.8 Å². The van der Waals surface area contributed by atoms with Crippen LogP contribution < -0.4 is 20.9 Å². The minimum Gasteiger partial charge on any atom is -0.440 e. The summed E-state index contributed by atoms with van der Waals surface area (Å²) in [7, 11) is 0. The lowest BCUT2D eigenvalue weighted by Crippen LogP contribution is -2.48. The first-order valence-electron chi connectivity index (χ1n) is 9.76. The maximum Gasteiger partial charge on any atom is 0.256 e. The number of nitrogens with zero attached hydrogens (tertiary/aromatic N) is 2. The number of nitrogens with one attached hydrogen (secondary N) is 1. The van der Waals surface area contributed by atoms with Crippen molar-refractivity contribution in [2.24, 2.45) is 5.73 Å². The lowest BCUT2D eigenvalue weighted by molar-refractivity contribution is -0.121. The number of H-pyrrole nitrogens is 1. The Morgan fingerprint density at radius 3 is 2.58 bits per heavy atom. The van der Waals surface area contributed by atoms with Gasteiger partial charge in [-0.3, -0.25) is 9.59 Å². The average Bonchev–Trinajstić information content (AvgIpc) is 2.98. The first kappa shape index (κ1) is 18.7. The monoisotopic (exact) mass is 410 g/mol. The topological polar surface area (TPSA) is 112 Å². The minimum atomic E-state index is -1.67. The molecule has 1 amide bonds. The maximum atomic E-state index is 14.1. The van der Waals surface area contributed by atoms with E-state index in [-0.39, 0.29) is 29.3 Å². The van der Waals surface area contributed by atoms with Crippen LogP contribution in [0.15, 0.2) is 76.9 Å². The number of benzene rings is 2. The Labute approximate surface area is 178 Å². The SMILES string of the molecule is Cc1cc2c(c(=O)[nH]1)C1(C(=O)N(Cc3ccccc3)c3ccccc31)C(C#N)=C(N)O2. The highest BCUT2D eigenvalue weighted by atomic mass is 16.5. The number of anilines is 1. The van der Waals surface area contributed by atoms with Crippen molar-refractivity contribution in [3.63, 3.8) is 0 Å². The van der Waals surface area contributed by atoms with E-state index in [1.807, 2.05) is 42.5 Å². The number of aromatic amines is 1. The van der Waals surface area contributed by atoms with Crippen molar-refractivity contribution in [1.82, 2.24) is 4.98 Å². The number of aryl methyl sites for hydroxylation is 1. The van der Waals surface area contributed by atoms with Gasteiger partial charge in [0.15, 0.2) is 5.41 Å². The van der Waals surface area contributed by atoms with Gasteiger partial charge in [0.1, 0.15) is 17.4 Å². The zero-order valence-electron chi connectivity index (χ0n) is 16.7. The summed E-state index contributed by atoms with van der Waals surface area (Å²) in [4.78, 5) is 31.6. The lowest BCUT2D eigenvalue weighted by Gasteiger charge is -2.33. The van der Waals surface area contributed by atoms with Gasteiger partial charge in [0.05, 0.1) is 12.1 Å². The summed E-state index contributed by atoms with van der Waals surface area (Å²) >= 11 is 0. The molecule has 5 rings (SSSR count). The van der Waals surface area contributed by atoms with Crippen molar-refractivity contribution >= 4 is 11.6 Å². The zero-order chi connectivity index (χ0) is 21.8. The summed E-state index contributed by atoms with van der Waals surface area (Å²) in [6, 6.07) is 20.4. The van der Waals surface area contributed by atoms with Crippen LogP contribution in [0, 0.1) is 18.3 Å². The number of ether oxygens (including phenoxy) is 1. The summed E-state index contributed by atoms with van der Waals surface area (Å²) in [6.07, 6.45) is 0. The molecule has 0 aliphatic carbocycles. The summed E-state index contributed by atoms with van der Waals surface area (Å²) in [6.45, 7) is 2.00. The van der Waals surface area contributed by atoms with E-state index in [4.69, 9.17) is 10.5 Å². The predicted octanol–water partition coefficient (Wildman–Crippen LogP) is 2.60. The van der Waals surface area contributed by atoms with E-state index in [2.05, 4.69) is 11.1 Å². The molecule has 2 aliphatic rings. The van der Waals surface area contributed by atoms with Crippen LogP contribution in [0.2, 0.25) is 0 Å². The summed E-state index contributed by atoms with van der Waals surface area (Å²) < 4.78 is 5.64. The first-order chi connectivity index (χ1) is 15.0. The molecule has 0 fully saturated rings. The van der Waals surface area contributed by atoms with E-state index < -0.39 is 16.9 Å². The van der Waals surface area contributed by atoms with Crippen LogP contribution in [0.25, 0.3) is 0 Å². The molecule has 1 aromatic heterocycles. The highest BCUT2D eigenvalue weighted by molar-refractivity contribution is 6.14. The van der Waals surface area contributed by atoms with Gasteiger partial charge in [-0.2, -0.15) is 5.26 Å². The Hall–Kier alpha value is -4.31. The zero-order valence-corrected chi connectivity index (χ0v) is 16.7. The van der Waals surface area contributed by atoms with Crippen molar-refractivity contribution in [2.75, 3.05) is 4.90 Å². The second-order valence-electron chi connectivity index (χ2n) is 7.62. The van der Waals surface area contributed by atoms with Gasteiger partial charge in [-0.1, -0.05) is 48.5 Å². The number of nitriles is 1. The first-order valence-corrected chi connectivity index (χ1v) is 9.76. The summed E-state index contributed by atoms with van der Waals surface area (Å²) in [5, 5.41) is 10.0. The normalized spacial score (nSPS) is 19.1. The summed E-state index contributed by atoms with van der Waals surface area (Å²) in [5.41, 5.74) is 6.62. The molecule has 152 valence electrons. The van der Waals surface area contributed by atoms with Gasteiger partial charge in [-0.05, 0) is 18.6 Å². The Balaban J connectivity index is 1.84. The Morgan fingerprint density at radius 1 is 1.13 bits per heavy atom. The van der Waals surface area contributed by atoms with Crippen LogP contribution in [0.1, 0.15) is 22.4 Å². The molecule has 1 unspecified atom stereocenters. The van der Waals surface area contributed by atoms with Gasteiger partial charge in [0.25, 0.3) is 5.56 Å². The number of nitrogens with two attached hydrogens (primary N) is 1. The highest BCUT2D eigenvalue weighted by Crippen LogP contribution is 2.54. The van der Waals surface area contributed by atoms with Crippen molar-refractivity contribution < 1.29 is 9.53 Å². The Kier molecular flexibility index (Phi) is 3.99. The van der Waals surface area contributed by atoms with E-state index in [1.165, 1.54) is 0 Å². The molecule has 0 saturated carbocycles. The van der Waals surface area contributed by atoms with Crippen LogP contribution in [0.3, 0.4) is 0 Å². The smallest absolute Gasteiger partial charge is 0.256 e. The van der Waals surface area contributed by atoms with Gasteiger partial charge in [0, 0.05) is 23.0 Å². The van der Waals surface area contributed by atoms with Crippen molar-refractivity contribution in [3.8, 4) is 11.8 Å². The van der Waals surface area contributed by atoms with Gasteiger partial charge < -0.3 is 20.4 Å². The second-order valence-corrected chi connectivity index (χ2v) is 7.62. The number of pyridine rings is 1. The van der Waals surface area contributed by atoms with Gasteiger partial charge >= 0.3 is 0 Å². The molecule has 0 radical (unpaired) electrons. The van der Waals surface area contributed by atoms with Crippen LogP contribution in [0.4, 0.5) is 5.69 Å². The highest BCUT2D eigenvalue weighted by Gasteiger charge is 2.60. The number of hydrogen-bond donors (Lipinski definition) is 2. The van der Waals surface area contributed by atoms with Crippen LogP contribution >= 0.6 is 0 Å². The number of hydrogen-bond acceptors (Lipinski definition) is 5. The molecule has 0 saturated heterocycles. The van der Waals surface area contributed by atoms with Crippen molar-refractivity contribution in [2.45, 2.75) is 18.9 Å². The predicted molar refractivity (Wildman–Crippen MR) is 114 cm³/mol. The quantitative estimate of drug-likeness (QED) is 0.674. The maximum absolute atomic E-state index is 14.1. The standard InChI is InChI=1S/C24H18N4O3/c1-14-11-19-20(22(29)27-14)24(17(12-25)21(26)31-19)16-9-5-6-10-18(16)28(23(24)30)13-15-7-3-2-4-8-15/h2-11H,13,26H2,1H3,(H,27,29). The second kappa shape index (κ2) is 6.61. The molecule has 3 N–H and O–H groups in total. The molecule has 2 aliphatic heterocycles. The molecular weight excluding hydrogens is 392 g/mol. The third-order valence-electron chi connectivity index (χ3n) is 5.81. The fraction of sp³-hybridized carbons (Fsp3) is 0.125. The van der Waals surface area contributed by atoms with E-state index in [0.29, 0.717) is 16.9 Å². The number of rotatable bonds is 2. The minimum absolute atomic E-state index is 0.0804. The third kappa shape index (κ3) is 2.45. The number of fused-ring (bicyclic) bond motifs is 4. The van der Waals surface area contributed by atoms with Crippen molar-refractivity contribution in [3.05, 3.63) is 105 Å². The van der Waals surface area contributed by atoms with Crippen LogP contribution in [-0.4, -0.2) is 10.9 Å². The van der Waals surface area contributed by atoms with Gasteiger partial charge in [-0.25, -0.2) is 0 Å². The number of carbonyl (C=O) groups excluding carboxylic acids is 1. The number of para-hydroxylation sites is 1. The molecule has 3 aromatic rings. The molecule has 1 spiro atoms. The fourth-order valence-electron chi connectivity index (χ4n) is 4.57. The average molecular weight is 410 g/mol. The van der Waals surface area contributed by atoms with E-state index >= 15 is 0 Å². The number of carbonyl (C=O) groups is 1. The van der Waals surface area contributed by atoms with E-state index in [9.17, 15) is 14.9 Å². The molecule has 3 heterocycles. The van der Waals surface area contributed by atoms with E-state index in [0.717, 1.165) is 5.56 Å². The molecule has 7 heteroatoms. The Morgan fingerprint density at radius 2 is 1.84 bits per heavy atom. The largest absolute Gasteiger partial charge is 0.440 e. The molecule has 0 bridgehead atoms. The third-order valence-corrected chi connectivity index (χ3v) is 5.81. The Bertz CT molecular complexity index is 1370. The van der Waals surface area contributed by atoms with Gasteiger partial charge in [-0.15, -0.1) is 0 Å². The summed E-state index contributed by atoms with van der Waals surface area (Å²) in [5.74, 6) is -0.400. The fourth-order valence-corrected chi connectivity index (χ4v) is 4.57. The van der Waals surface area contributed by atoms with Crippen LogP contribution in [0.5, 0.6) is 5.75 Å². The molecule has 2 aromatic carbocycles. The van der Waals surface area contributed by atoms with Gasteiger partial charge in [0.2, 0.25) is 11.8 Å². The molecular formula is C24H18N4O3. The molecule has 7 nitrogen and oxygen atoms in total. The van der Waals surface area contributed by atoms with Crippen molar-refractivity contribution in [1.29, 1.82) is 5.26 Å². The van der Waals surface area contributed by atoms with E-state index in [1.54, 1.807) is 30.0 Å². The number of aromatic nitrogens is 1. The lowest BCUT2D eigenvalue weighted by atomic mass is 9.69. The molecule has 31 heavy (non-hydrogen) atoms.